The smallest absolute Gasteiger partial charge is 0.225 e. The number of carbonyl (C=O) groups excluding carboxylic acids is 1. The van der Waals surface area contributed by atoms with Crippen molar-refractivity contribution in [1.82, 2.24) is 20.4 Å². The average molecular weight is 304 g/mol. The number of aromatic nitrogens is 2. The molecule has 1 fully saturated rings. The lowest BCUT2D eigenvalue weighted by Crippen LogP contribution is -2.33. The van der Waals surface area contributed by atoms with Crippen LogP contribution in [-0.2, 0) is 18.4 Å². The molecule has 0 bridgehead atoms. The normalized spacial score (nSPS) is 21.6. The van der Waals surface area contributed by atoms with Crippen molar-refractivity contribution in [1.29, 1.82) is 0 Å². The summed E-state index contributed by atoms with van der Waals surface area (Å²) in [7, 11) is 1.90. The molecule has 21 heavy (non-hydrogen) atoms. The van der Waals surface area contributed by atoms with Gasteiger partial charge in [-0.2, -0.15) is 5.10 Å². The summed E-state index contributed by atoms with van der Waals surface area (Å²) in [6.45, 7) is 4.26. The molecule has 0 saturated carbocycles. The summed E-state index contributed by atoms with van der Waals surface area (Å²) < 4.78 is 1.79. The van der Waals surface area contributed by atoms with Crippen LogP contribution in [0, 0.1) is 12.8 Å². The standard InChI is InChI=1S/C15H20N4OS/c1-10-3-4-12(21-10)6-17-15(20)14-8-16-7-13(14)11-5-18-19(2)9-11/h3-5,9,13-14,16H,6-8H2,1-2H3,(H,17,20)/t13-,14+/m1/s1. The molecule has 3 rings (SSSR count). The van der Waals surface area contributed by atoms with Gasteiger partial charge in [0.15, 0.2) is 0 Å². The number of hydrogen-bond acceptors (Lipinski definition) is 4. The minimum atomic E-state index is -0.0183. The van der Waals surface area contributed by atoms with E-state index in [0.29, 0.717) is 6.54 Å². The molecule has 2 aromatic heterocycles. The summed E-state index contributed by atoms with van der Waals surface area (Å²) in [4.78, 5) is 14.9. The van der Waals surface area contributed by atoms with Crippen molar-refractivity contribution in [2.24, 2.45) is 13.0 Å². The van der Waals surface area contributed by atoms with Gasteiger partial charge in [-0.25, -0.2) is 0 Å². The van der Waals surface area contributed by atoms with Gasteiger partial charge >= 0.3 is 0 Å². The van der Waals surface area contributed by atoms with Crippen molar-refractivity contribution in [2.45, 2.75) is 19.4 Å². The first-order valence-electron chi connectivity index (χ1n) is 7.16. The molecule has 1 saturated heterocycles. The van der Waals surface area contributed by atoms with Crippen molar-refractivity contribution in [3.8, 4) is 0 Å². The van der Waals surface area contributed by atoms with Crippen molar-refractivity contribution in [2.75, 3.05) is 13.1 Å². The van der Waals surface area contributed by atoms with Crippen molar-refractivity contribution in [3.05, 3.63) is 39.8 Å². The van der Waals surface area contributed by atoms with Gasteiger partial charge < -0.3 is 10.6 Å². The van der Waals surface area contributed by atoms with Gasteiger partial charge in [0, 0.05) is 42.0 Å². The van der Waals surface area contributed by atoms with Gasteiger partial charge in [-0.1, -0.05) is 0 Å². The largest absolute Gasteiger partial charge is 0.351 e. The van der Waals surface area contributed by atoms with Crippen LogP contribution in [0.4, 0.5) is 0 Å². The average Bonchev–Trinajstić information content (AvgIpc) is 3.16. The van der Waals surface area contributed by atoms with Crippen molar-refractivity contribution >= 4 is 17.2 Å². The van der Waals surface area contributed by atoms with E-state index in [9.17, 15) is 4.79 Å². The number of nitrogens with one attached hydrogen (secondary N) is 2. The summed E-state index contributed by atoms with van der Waals surface area (Å²) in [6.07, 6.45) is 3.86. The molecule has 2 aromatic rings. The van der Waals surface area contributed by atoms with Crippen molar-refractivity contribution in [3.63, 3.8) is 0 Å². The van der Waals surface area contributed by atoms with Crippen LogP contribution in [0.15, 0.2) is 24.5 Å². The number of thiophene rings is 1. The third-order valence-electron chi connectivity index (χ3n) is 3.94. The second-order valence-corrected chi connectivity index (χ2v) is 6.92. The Labute approximate surface area is 128 Å². The molecule has 1 aliphatic rings. The summed E-state index contributed by atoms with van der Waals surface area (Å²) in [5.41, 5.74) is 1.13. The van der Waals surface area contributed by atoms with E-state index in [1.54, 1.807) is 16.0 Å². The lowest BCUT2D eigenvalue weighted by Gasteiger charge is -2.16. The van der Waals surface area contributed by atoms with Crippen LogP contribution in [-0.4, -0.2) is 28.8 Å². The van der Waals surface area contributed by atoms with Crippen LogP contribution in [0.3, 0.4) is 0 Å². The van der Waals surface area contributed by atoms with Crippen molar-refractivity contribution < 1.29 is 4.79 Å². The Kier molecular flexibility index (Phi) is 4.07. The minimum absolute atomic E-state index is 0.0183. The molecule has 0 unspecified atom stereocenters. The van der Waals surface area contributed by atoms with Gasteiger partial charge in [0.05, 0.1) is 18.7 Å². The van der Waals surface area contributed by atoms with E-state index in [4.69, 9.17) is 0 Å². The number of nitrogens with zero attached hydrogens (tertiary/aromatic N) is 2. The van der Waals surface area contributed by atoms with Crippen LogP contribution in [0.5, 0.6) is 0 Å². The highest BCUT2D eigenvalue weighted by Gasteiger charge is 2.34. The molecule has 6 heteroatoms. The number of rotatable bonds is 4. The van der Waals surface area contributed by atoms with Crippen LogP contribution >= 0.6 is 11.3 Å². The van der Waals surface area contributed by atoms with Gasteiger partial charge in [-0.3, -0.25) is 9.48 Å². The molecule has 1 aliphatic heterocycles. The number of carbonyl (C=O) groups is 1. The molecule has 0 radical (unpaired) electrons. The van der Waals surface area contributed by atoms with Crippen LogP contribution < -0.4 is 10.6 Å². The van der Waals surface area contributed by atoms with E-state index in [2.05, 4.69) is 34.8 Å². The Morgan fingerprint density at radius 3 is 3.05 bits per heavy atom. The fourth-order valence-corrected chi connectivity index (χ4v) is 3.65. The highest BCUT2D eigenvalue weighted by molar-refractivity contribution is 7.11. The molecule has 0 aliphatic carbocycles. The van der Waals surface area contributed by atoms with Gasteiger partial charge in [-0.15, -0.1) is 11.3 Å². The van der Waals surface area contributed by atoms with Gasteiger partial charge in [0.2, 0.25) is 5.91 Å². The molecule has 3 heterocycles. The fraction of sp³-hybridized carbons (Fsp3) is 0.467. The first kappa shape index (κ1) is 14.3. The van der Waals surface area contributed by atoms with Crippen LogP contribution in [0.25, 0.3) is 0 Å². The molecule has 112 valence electrons. The van der Waals surface area contributed by atoms with E-state index in [-0.39, 0.29) is 17.7 Å². The monoisotopic (exact) mass is 304 g/mol. The molecule has 5 nitrogen and oxygen atoms in total. The highest BCUT2D eigenvalue weighted by Crippen LogP contribution is 2.28. The third-order valence-corrected chi connectivity index (χ3v) is 4.94. The summed E-state index contributed by atoms with van der Waals surface area (Å²) in [5.74, 6) is 0.318. The Morgan fingerprint density at radius 2 is 2.38 bits per heavy atom. The lowest BCUT2D eigenvalue weighted by molar-refractivity contribution is -0.124. The predicted molar refractivity (Wildman–Crippen MR) is 83.2 cm³/mol. The van der Waals surface area contributed by atoms with E-state index in [0.717, 1.165) is 18.7 Å². The summed E-state index contributed by atoms with van der Waals surface area (Å²) in [6, 6.07) is 4.16. The van der Waals surface area contributed by atoms with Crippen LogP contribution in [0.2, 0.25) is 0 Å². The van der Waals surface area contributed by atoms with Gasteiger partial charge in [-0.05, 0) is 24.6 Å². The van der Waals surface area contributed by atoms with E-state index >= 15 is 0 Å². The zero-order valence-electron chi connectivity index (χ0n) is 12.3. The molecular formula is C15H20N4OS. The van der Waals surface area contributed by atoms with E-state index in [1.807, 2.05) is 19.4 Å². The lowest BCUT2D eigenvalue weighted by atomic mass is 9.90. The Balaban J connectivity index is 1.63. The van der Waals surface area contributed by atoms with Crippen LogP contribution in [0.1, 0.15) is 21.2 Å². The predicted octanol–water partition coefficient (Wildman–Crippen LogP) is 1.41. The van der Waals surface area contributed by atoms with Gasteiger partial charge in [0.1, 0.15) is 0 Å². The molecule has 0 spiro atoms. The quantitative estimate of drug-likeness (QED) is 0.898. The first-order chi connectivity index (χ1) is 10.1. The minimum Gasteiger partial charge on any atom is -0.351 e. The molecule has 2 N–H and O–H groups in total. The topological polar surface area (TPSA) is 59.0 Å². The second-order valence-electron chi connectivity index (χ2n) is 5.55. The molecule has 1 amide bonds. The van der Waals surface area contributed by atoms with Gasteiger partial charge in [0.25, 0.3) is 0 Å². The number of hydrogen-bond donors (Lipinski definition) is 2. The first-order valence-corrected chi connectivity index (χ1v) is 7.97. The maximum atomic E-state index is 12.4. The number of aryl methyl sites for hydroxylation is 2. The summed E-state index contributed by atoms with van der Waals surface area (Å²) >= 11 is 1.73. The van der Waals surface area contributed by atoms with E-state index in [1.165, 1.54) is 9.75 Å². The Hall–Kier alpha value is -1.66. The zero-order chi connectivity index (χ0) is 14.8. The summed E-state index contributed by atoms with van der Waals surface area (Å²) in [5, 5.41) is 10.6. The Morgan fingerprint density at radius 1 is 1.52 bits per heavy atom. The second kappa shape index (κ2) is 5.99. The third kappa shape index (κ3) is 3.16. The SMILES string of the molecule is Cc1ccc(CNC(=O)[C@H]2CNC[C@@H]2c2cnn(C)c2)s1. The zero-order valence-corrected chi connectivity index (χ0v) is 13.1. The Bertz CT molecular complexity index is 633. The molecule has 0 aromatic carbocycles. The number of amides is 1. The molecule has 2 atom stereocenters. The maximum absolute atomic E-state index is 12.4. The molecular weight excluding hydrogens is 284 g/mol. The highest BCUT2D eigenvalue weighted by atomic mass is 32.1. The fourth-order valence-electron chi connectivity index (χ4n) is 2.82. The van der Waals surface area contributed by atoms with E-state index < -0.39 is 0 Å². The maximum Gasteiger partial charge on any atom is 0.225 e.